The van der Waals surface area contributed by atoms with E-state index in [0.29, 0.717) is 34.1 Å². The Morgan fingerprint density at radius 3 is 2.49 bits per heavy atom. The standard InChI is InChI=1S/C26H25F3N6O2/c1-34-14-12-20(13-15-34)30-24(36)17-8-10-19(11-9-17)31-25-32-23-7-3-6-22(35(23)33-25)18-4-2-5-21(16-18)37-26(27,28)29/h2-11,16,20H,12-15H2,1H3,(H,30,36)(H,31,33). The van der Waals surface area contributed by atoms with Gasteiger partial charge in [-0.15, -0.1) is 18.3 Å². The number of fused-ring (bicyclic) bond motifs is 1. The van der Waals surface area contributed by atoms with Crippen molar-refractivity contribution in [2.24, 2.45) is 0 Å². The van der Waals surface area contributed by atoms with Gasteiger partial charge in [0.25, 0.3) is 5.91 Å². The Labute approximate surface area is 211 Å². The summed E-state index contributed by atoms with van der Waals surface area (Å²) >= 11 is 0. The van der Waals surface area contributed by atoms with E-state index >= 15 is 0 Å². The van der Waals surface area contributed by atoms with Crippen LogP contribution in [-0.2, 0) is 0 Å². The summed E-state index contributed by atoms with van der Waals surface area (Å²) in [6, 6.07) is 18.1. The molecule has 0 bridgehead atoms. The van der Waals surface area contributed by atoms with Gasteiger partial charge in [-0.2, -0.15) is 4.98 Å². The fourth-order valence-corrected chi connectivity index (χ4v) is 4.28. The number of rotatable bonds is 6. The van der Waals surface area contributed by atoms with Crippen LogP contribution in [0.1, 0.15) is 23.2 Å². The van der Waals surface area contributed by atoms with E-state index in [0.717, 1.165) is 25.9 Å². The van der Waals surface area contributed by atoms with Gasteiger partial charge >= 0.3 is 6.36 Å². The van der Waals surface area contributed by atoms with Crippen molar-refractivity contribution in [3.8, 4) is 17.0 Å². The van der Waals surface area contributed by atoms with Gasteiger partial charge < -0.3 is 20.3 Å². The van der Waals surface area contributed by atoms with Crippen LogP contribution in [0, 0.1) is 0 Å². The van der Waals surface area contributed by atoms with Crippen LogP contribution in [0.5, 0.6) is 5.75 Å². The molecule has 0 saturated carbocycles. The minimum Gasteiger partial charge on any atom is -0.406 e. The number of anilines is 2. The van der Waals surface area contributed by atoms with Crippen molar-refractivity contribution in [1.29, 1.82) is 0 Å². The predicted molar refractivity (Wildman–Crippen MR) is 133 cm³/mol. The van der Waals surface area contributed by atoms with Crippen LogP contribution in [0.25, 0.3) is 16.9 Å². The monoisotopic (exact) mass is 510 g/mol. The zero-order chi connectivity index (χ0) is 26.0. The molecule has 0 unspecified atom stereocenters. The molecular weight excluding hydrogens is 485 g/mol. The topological polar surface area (TPSA) is 83.8 Å². The smallest absolute Gasteiger partial charge is 0.406 e. The zero-order valence-corrected chi connectivity index (χ0v) is 20.0. The maximum absolute atomic E-state index is 12.6. The van der Waals surface area contributed by atoms with E-state index in [9.17, 15) is 18.0 Å². The molecule has 0 radical (unpaired) electrons. The van der Waals surface area contributed by atoms with Gasteiger partial charge in [0, 0.05) is 22.9 Å². The van der Waals surface area contributed by atoms with Crippen LogP contribution in [0.2, 0.25) is 0 Å². The summed E-state index contributed by atoms with van der Waals surface area (Å²) in [6.45, 7) is 1.93. The third-order valence-corrected chi connectivity index (χ3v) is 6.18. The van der Waals surface area contributed by atoms with Gasteiger partial charge in [-0.1, -0.05) is 18.2 Å². The Hall–Kier alpha value is -4.12. The van der Waals surface area contributed by atoms with E-state index in [1.807, 2.05) is 0 Å². The number of amides is 1. The van der Waals surface area contributed by atoms with Crippen molar-refractivity contribution in [2.45, 2.75) is 25.2 Å². The lowest BCUT2D eigenvalue weighted by Gasteiger charge is -2.29. The molecule has 2 aromatic carbocycles. The second-order valence-corrected chi connectivity index (χ2v) is 8.95. The van der Waals surface area contributed by atoms with E-state index in [4.69, 9.17) is 0 Å². The number of carbonyl (C=O) groups is 1. The number of carbonyl (C=O) groups excluding carboxylic acids is 1. The minimum absolute atomic E-state index is 0.103. The second kappa shape index (κ2) is 10.1. The predicted octanol–water partition coefficient (Wildman–Crippen LogP) is 4.86. The van der Waals surface area contributed by atoms with Gasteiger partial charge in [0.2, 0.25) is 5.95 Å². The number of likely N-dealkylation sites (tertiary alicyclic amines) is 1. The maximum atomic E-state index is 12.6. The number of alkyl halides is 3. The molecule has 192 valence electrons. The number of hydrogen-bond donors (Lipinski definition) is 2. The average Bonchev–Trinajstić information content (AvgIpc) is 3.27. The highest BCUT2D eigenvalue weighted by Gasteiger charge is 2.31. The SMILES string of the molecule is CN1CCC(NC(=O)c2ccc(Nc3nc4cccc(-c5cccc(OC(F)(F)F)c5)n4n3)cc2)CC1. The summed E-state index contributed by atoms with van der Waals surface area (Å²) < 4.78 is 43.5. The van der Waals surface area contributed by atoms with Gasteiger partial charge in [0.05, 0.1) is 5.69 Å². The van der Waals surface area contributed by atoms with Crippen molar-refractivity contribution in [3.05, 3.63) is 72.3 Å². The fraction of sp³-hybridized carbons (Fsp3) is 0.269. The number of benzene rings is 2. The molecule has 2 aromatic heterocycles. The molecule has 1 saturated heterocycles. The van der Waals surface area contributed by atoms with Crippen molar-refractivity contribution in [1.82, 2.24) is 24.8 Å². The lowest BCUT2D eigenvalue weighted by Crippen LogP contribution is -2.43. The third kappa shape index (κ3) is 6.00. The van der Waals surface area contributed by atoms with Crippen LogP contribution in [-0.4, -0.2) is 57.9 Å². The summed E-state index contributed by atoms with van der Waals surface area (Å²) in [5, 5.41) is 10.7. The van der Waals surface area contributed by atoms with Gasteiger partial charge in [-0.3, -0.25) is 4.79 Å². The van der Waals surface area contributed by atoms with Crippen molar-refractivity contribution >= 4 is 23.2 Å². The Kier molecular flexibility index (Phi) is 6.70. The number of nitrogens with one attached hydrogen (secondary N) is 2. The number of nitrogens with zero attached hydrogens (tertiary/aromatic N) is 4. The van der Waals surface area contributed by atoms with E-state index in [-0.39, 0.29) is 17.7 Å². The van der Waals surface area contributed by atoms with Crippen molar-refractivity contribution in [2.75, 3.05) is 25.5 Å². The summed E-state index contributed by atoms with van der Waals surface area (Å²) in [4.78, 5) is 19.3. The van der Waals surface area contributed by atoms with Gasteiger partial charge in [-0.25, -0.2) is 4.52 Å². The van der Waals surface area contributed by atoms with E-state index in [1.165, 1.54) is 18.2 Å². The molecule has 3 heterocycles. The van der Waals surface area contributed by atoms with Crippen LogP contribution in [0.4, 0.5) is 24.8 Å². The maximum Gasteiger partial charge on any atom is 0.573 e. The molecule has 11 heteroatoms. The first kappa shape index (κ1) is 24.6. The summed E-state index contributed by atoms with van der Waals surface area (Å²) in [6.07, 6.45) is -2.91. The lowest BCUT2D eigenvalue weighted by molar-refractivity contribution is -0.274. The van der Waals surface area contributed by atoms with Gasteiger partial charge in [-0.05, 0) is 81.5 Å². The number of aromatic nitrogens is 3. The van der Waals surface area contributed by atoms with Crippen molar-refractivity contribution < 1.29 is 22.7 Å². The number of pyridine rings is 1. The molecular formula is C26H25F3N6O2. The minimum atomic E-state index is -4.78. The van der Waals surface area contributed by atoms with E-state index < -0.39 is 6.36 Å². The highest BCUT2D eigenvalue weighted by Crippen LogP contribution is 2.28. The molecule has 0 spiro atoms. The summed E-state index contributed by atoms with van der Waals surface area (Å²) in [5.74, 6) is -0.118. The van der Waals surface area contributed by atoms with Gasteiger partial charge in [0.15, 0.2) is 5.65 Å². The fourth-order valence-electron chi connectivity index (χ4n) is 4.28. The molecule has 1 amide bonds. The number of halogens is 3. The Bertz CT molecular complexity index is 1400. The Balaban J connectivity index is 1.30. The average molecular weight is 511 g/mol. The molecule has 1 fully saturated rings. The first-order valence-electron chi connectivity index (χ1n) is 11.8. The number of hydrogen-bond acceptors (Lipinski definition) is 6. The van der Waals surface area contributed by atoms with Crippen LogP contribution < -0.4 is 15.4 Å². The molecule has 5 rings (SSSR count). The molecule has 4 aromatic rings. The normalized spacial score (nSPS) is 15.0. The second-order valence-electron chi connectivity index (χ2n) is 8.95. The quantitative estimate of drug-likeness (QED) is 0.386. The molecule has 8 nitrogen and oxygen atoms in total. The first-order valence-corrected chi connectivity index (χ1v) is 11.8. The van der Waals surface area contributed by atoms with E-state index in [2.05, 4.69) is 37.4 Å². The van der Waals surface area contributed by atoms with E-state index in [1.54, 1.807) is 53.0 Å². The number of ether oxygens (including phenoxy) is 1. The van der Waals surface area contributed by atoms with Gasteiger partial charge in [0.1, 0.15) is 5.75 Å². The summed E-state index contributed by atoms with van der Waals surface area (Å²) in [7, 11) is 2.08. The molecule has 0 aliphatic carbocycles. The largest absolute Gasteiger partial charge is 0.573 e. The Morgan fingerprint density at radius 2 is 1.76 bits per heavy atom. The highest BCUT2D eigenvalue weighted by molar-refractivity contribution is 5.94. The van der Waals surface area contributed by atoms with Crippen LogP contribution in [0.3, 0.4) is 0 Å². The molecule has 0 atom stereocenters. The third-order valence-electron chi connectivity index (χ3n) is 6.18. The molecule has 37 heavy (non-hydrogen) atoms. The molecule has 1 aliphatic rings. The zero-order valence-electron chi connectivity index (χ0n) is 20.0. The molecule has 2 N–H and O–H groups in total. The summed E-state index contributed by atoms with van der Waals surface area (Å²) in [5.41, 5.74) is 2.80. The Morgan fingerprint density at radius 1 is 1.03 bits per heavy atom. The highest BCUT2D eigenvalue weighted by atomic mass is 19.4. The van der Waals surface area contributed by atoms with Crippen molar-refractivity contribution in [3.63, 3.8) is 0 Å². The van der Waals surface area contributed by atoms with Crippen LogP contribution in [0.15, 0.2) is 66.7 Å². The van der Waals surface area contributed by atoms with Crippen LogP contribution >= 0.6 is 0 Å². The first-order chi connectivity index (χ1) is 17.7. The molecule has 1 aliphatic heterocycles. The lowest BCUT2D eigenvalue weighted by atomic mass is 10.0. The number of piperidine rings is 1.